The molecule has 0 heterocycles. The Morgan fingerprint density at radius 1 is 1.54 bits per heavy atom. The number of ether oxygens (including phenoxy) is 1. The number of hydrogen-bond acceptors (Lipinski definition) is 3. The van der Waals surface area contributed by atoms with Crippen LogP contribution in [0, 0.1) is 5.82 Å². The van der Waals surface area contributed by atoms with Crippen LogP contribution < -0.4 is 4.74 Å². The van der Waals surface area contributed by atoms with E-state index in [1.54, 1.807) is 0 Å². The summed E-state index contributed by atoms with van der Waals surface area (Å²) in [6, 6.07) is 3.36. The lowest BCUT2D eigenvalue weighted by Crippen LogP contribution is -2.03. The molecule has 0 unspecified atom stereocenters. The Balaban J connectivity index is 3.05. The number of hydrogen-bond donors (Lipinski definition) is 0. The highest BCUT2D eigenvalue weighted by atomic mass is 19.1. The molecule has 0 saturated carbocycles. The molecule has 3 nitrogen and oxygen atoms in total. The number of rotatable bonds is 2. The molecule has 0 spiro atoms. The van der Waals surface area contributed by atoms with Gasteiger partial charge >= 0.3 is 5.97 Å². The summed E-state index contributed by atoms with van der Waals surface area (Å²) in [4.78, 5) is 20.9. The molecule has 1 rings (SSSR count). The predicted octanol–water partition coefficient (Wildman–Crippen LogP) is 1.56. The maximum absolute atomic E-state index is 12.6. The Kier molecular flexibility index (Phi) is 2.74. The summed E-state index contributed by atoms with van der Waals surface area (Å²) in [6.07, 6.45) is 0.432. The van der Waals surface area contributed by atoms with Gasteiger partial charge in [0.15, 0.2) is 6.29 Å². The van der Waals surface area contributed by atoms with Crippen LogP contribution in [0.3, 0.4) is 0 Å². The summed E-state index contributed by atoms with van der Waals surface area (Å²) in [6.45, 7) is 1.21. The molecule has 0 amide bonds. The van der Waals surface area contributed by atoms with Gasteiger partial charge in [-0.2, -0.15) is 0 Å². The number of carbonyl (C=O) groups is 2. The first-order valence-electron chi connectivity index (χ1n) is 3.56. The van der Waals surface area contributed by atoms with Crippen molar-refractivity contribution in [2.75, 3.05) is 0 Å². The van der Waals surface area contributed by atoms with Crippen molar-refractivity contribution in [1.82, 2.24) is 0 Å². The van der Waals surface area contributed by atoms with Gasteiger partial charge in [0, 0.05) is 6.92 Å². The summed E-state index contributed by atoms with van der Waals surface area (Å²) in [5.74, 6) is -1.02. The van der Waals surface area contributed by atoms with Crippen LogP contribution in [0.1, 0.15) is 17.3 Å². The fraction of sp³-hybridized carbons (Fsp3) is 0.111. The molecule has 0 aliphatic carbocycles. The van der Waals surface area contributed by atoms with Crippen LogP contribution in [0.25, 0.3) is 0 Å². The van der Waals surface area contributed by atoms with E-state index in [2.05, 4.69) is 4.74 Å². The summed E-state index contributed by atoms with van der Waals surface area (Å²) >= 11 is 0. The Bertz CT molecular complexity index is 347. The highest BCUT2D eigenvalue weighted by molar-refractivity contribution is 5.81. The molecule has 4 heteroatoms. The highest BCUT2D eigenvalue weighted by Gasteiger charge is 2.06. The molecule has 0 atom stereocenters. The van der Waals surface area contributed by atoms with Gasteiger partial charge < -0.3 is 4.74 Å². The van der Waals surface area contributed by atoms with Gasteiger partial charge in [0.2, 0.25) is 0 Å². The zero-order valence-corrected chi connectivity index (χ0v) is 6.91. The van der Waals surface area contributed by atoms with Gasteiger partial charge in [0.1, 0.15) is 11.6 Å². The fourth-order valence-electron chi connectivity index (χ4n) is 0.859. The second-order valence-electron chi connectivity index (χ2n) is 2.39. The molecule has 1 aromatic rings. The average molecular weight is 182 g/mol. The number of halogens is 1. The van der Waals surface area contributed by atoms with Gasteiger partial charge in [-0.3, -0.25) is 9.59 Å². The van der Waals surface area contributed by atoms with Crippen LogP contribution in [-0.4, -0.2) is 12.3 Å². The highest BCUT2D eigenvalue weighted by Crippen LogP contribution is 2.17. The van der Waals surface area contributed by atoms with Crippen molar-refractivity contribution in [3.63, 3.8) is 0 Å². The minimum atomic E-state index is -0.547. The van der Waals surface area contributed by atoms with Crippen molar-refractivity contribution in [2.45, 2.75) is 6.92 Å². The van der Waals surface area contributed by atoms with E-state index >= 15 is 0 Å². The number of carbonyl (C=O) groups excluding carboxylic acids is 2. The maximum atomic E-state index is 12.6. The standard InChI is InChI=1S/C9H7FO3/c1-6(12)13-9-3-2-8(10)4-7(9)5-11/h2-5H,1H3. The van der Waals surface area contributed by atoms with Crippen LogP contribution in [0.15, 0.2) is 18.2 Å². The Morgan fingerprint density at radius 3 is 2.77 bits per heavy atom. The fourth-order valence-corrected chi connectivity index (χ4v) is 0.859. The third-order valence-electron chi connectivity index (χ3n) is 1.35. The third kappa shape index (κ3) is 2.37. The van der Waals surface area contributed by atoms with Crippen molar-refractivity contribution in [1.29, 1.82) is 0 Å². The molecular formula is C9H7FO3. The predicted molar refractivity (Wildman–Crippen MR) is 43.1 cm³/mol. The van der Waals surface area contributed by atoms with E-state index < -0.39 is 11.8 Å². The number of aldehydes is 1. The molecule has 0 aliphatic rings. The lowest BCUT2D eigenvalue weighted by molar-refractivity contribution is -0.131. The number of benzene rings is 1. The maximum Gasteiger partial charge on any atom is 0.308 e. The van der Waals surface area contributed by atoms with Crippen molar-refractivity contribution in [2.24, 2.45) is 0 Å². The Labute approximate surface area is 74.1 Å². The normalized spacial score (nSPS) is 9.38. The van der Waals surface area contributed by atoms with E-state index in [4.69, 9.17) is 0 Å². The molecule has 0 aromatic heterocycles. The lowest BCUT2D eigenvalue weighted by Gasteiger charge is -2.03. The second kappa shape index (κ2) is 3.80. The van der Waals surface area contributed by atoms with E-state index in [0.717, 1.165) is 12.1 Å². The van der Waals surface area contributed by atoms with Crippen LogP contribution in [0.4, 0.5) is 4.39 Å². The van der Waals surface area contributed by atoms with E-state index in [-0.39, 0.29) is 11.3 Å². The van der Waals surface area contributed by atoms with Crippen molar-refractivity contribution in [3.05, 3.63) is 29.6 Å². The Hall–Kier alpha value is -1.71. The molecule has 0 aliphatic heterocycles. The lowest BCUT2D eigenvalue weighted by atomic mass is 10.2. The van der Waals surface area contributed by atoms with Crippen LogP contribution >= 0.6 is 0 Å². The first-order chi connectivity index (χ1) is 6.13. The van der Waals surface area contributed by atoms with Crippen LogP contribution in [0.2, 0.25) is 0 Å². The monoisotopic (exact) mass is 182 g/mol. The summed E-state index contributed by atoms with van der Waals surface area (Å²) < 4.78 is 17.2. The Morgan fingerprint density at radius 2 is 2.23 bits per heavy atom. The smallest absolute Gasteiger partial charge is 0.308 e. The van der Waals surface area contributed by atoms with E-state index in [9.17, 15) is 14.0 Å². The number of esters is 1. The summed E-state index contributed by atoms with van der Waals surface area (Å²) in [5, 5.41) is 0. The van der Waals surface area contributed by atoms with Crippen molar-refractivity contribution in [3.8, 4) is 5.75 Å². The first kappa shape index (κ1) is 9.38. The summed E-state index contributed by atoms with van der Waals surface area (Å²) in [7, 11) is 0. The molecule has 1 aromatic carbocycles. The zero-order chi connectivity index (χ0) is 9.84. The SMILES string of the molecule is CC(=O)Oc1ccc(F)cc1C=O. The average Bonchev–Trinajstić information content (AvgIpc) is 2.07. The molecule has 0 N–H and O–H groups in total. The summed E-state index contributed by atoms with van der Waals surface area (Å²) in [5.41, 5.74) is 0.0233. The minimum Gasteiger partial charge on any atom is -0.426 e. The van der Waals surface area contributed by atoms with Gasteiger partial charge in [-0.25, -0.2) is 4.39 Å². The van der Waals surface area contributed by atoms with E-state index in [0.29, 0.717) is 6.29 Å². The van der Waals surface area contributed by atoms with Crippen LogP contribution in [-0.2, 0) is 4.79 Å². The van der Waals surface area contributed by atoms with Gasteiger partial charge in [-0.15, -0.1) is 0 Å². The largest absolute Gasteiger partial charge is 0.426 e. The first-order valence-corrected chi connectivity index (χ1v) is 3.56. The van der Waals surface area contributed by atoms with E-state index in [1.165, 1.54) is 13.0 Å². The van der Waals surface area contributed by atoms with Gasteiger partial charge in [0.05, 0.1) is 5.56 Å². The van der Waals surface area contributed by atoms with Crippen molar-refractivity contribution < 1.29 is 18.7 Å². The van der Waals surface area contributed by atoms with Gasteiger partial charge in [-0.1, -0.05) is 0 Å². The molecule has 0 saturated heterocycles. The van der Waals surface area contributed by atoms with Crippen molar-refractivity contribution >= 4 is 12.3 Å². The molecule has 68 valence electrons. The molecule has 13 heavy (non-hydrogen) atoms. The molecular weight excluding hydrogens is 175 g/mol. The quantitative estimate of drug-likeness (QED) is 0.396. The van der Waals surface area contributed by atoms with Gasteiger partial charge in [-0.05, 0) is 18.2 Å². The van der Waals surface area contributed by atoms with Gasteiger partial charge in [0.25, 0.3) is 0 Å². The molecule has 0 fully saturated rings. The van der Waals surface area contributed by atoms with E-state index in [1.807, 2.05) is 0 Å². The molecule has 0 bridgehead atoms. The molecule has 0 radical (unpaired) electrons. The minimum absolute atomic E-state index is 0.0233. The zero-order valence-electron chi connectivity index (χ0n) is 6.91. The second-order valence-corrected chi connectivity index (χ2v) is 2.39. The van der Waals surface area contributed by atoms with Crippen LogP contribution in [0.5, 0.6) is 5.75 Å². The topological polar surface area (TPSA) is 43.4 Å². The third-order valence-corrected chi connectivity index (χ3v) is 1.35.